The monoisotopic (exact) mass is 282 g/mol. The van der Waals surface area contributed by atoms with Crippen LogP contribution in [0.4, 0.5) is 4.79 Å². The van der Waals surface area contributed by atoms with Crippen LogP contribution in [0.5, 0.6) is 5.88 Å². The summed E-state index contributed by atoms with van der Waals surface area (Å²) in [6.07, 6.45) is 0.218. The number of nitrogens with zero attached hydrogens (tertiary/aromatic N) is 2. The number of rotatable bonds is 4. The average Bonchev–Trinajstić information content (AvgIpc) is 2.36. The zero-order chi connectivity index (χ0) is 15.3. The van der Waals surface area contributed by atoms with Crippen LogP contribution < -0.4 is 4.74 Å². The number of hydrogen-bond acceptors (Lipinski definition) is 5. The number of hydrogen-bond donors (Lipinski definition) is 1. The van der Waals surface area contributed by atoms with Crippen LogP contribution in [0.3, 0.4) is 0 Å². The van der Waals surface area contributed by atoms with Gasteiger partial charge < -0.3 is 19.5 Å². The summed E-state index contributed by atoms with van der Waals surface area (Å²) in [5, 5.41) is 10.1. The third-order valence-electron chi connectivity index (χ3n) is 2.51. The highest BCUT2D eigenvalue weighted by Gasteiger charge is 2.21. The molecular weight excluding hydrogens is 260 g/mol. The minimum Gasteiger partial charge on any atom is -0.481 e. The molecule has 1 rings (SSSR count). The normalized spacial score (nSPS) is 12.7. The molecule has 1 heterocycles. The lowest BCUT2D eigenvalue weighted by Gasteiger charge is -2.26. The van der Waals surface area contributed by atoms with E-state index in [2.05, 4.69) is 4.98 Å². The average molecular weight is 282 g/mol. The molecule has 0 aliphatic heterocycles. The van der Waals surface area contributed by atoms with Crippen molar-refractivity contribution in [3.05, 3.63) is 23.9 Å². The Morgan fingerprint density at radius 1 is 1.45 bits per heavy atom. The summed E-state index contributed by atoms with van der Waals surface area (Å²) in [4.78, 5) is 17.1. The van der Waals surface area contributed by atoms with Crippen LogP contribution in [0.2, 0.25) is 0 Å². The van der Waals surface area contributed by atoms with Crippen molar-refractivity contribution in [1.82, 2.24) is 9.88 Å². The van der Waals surface area contributed by atoms with Crippen molar-refractivity contribution in [3.63, 3.8) is 0 Å². The molecule has 1 atom stereocenters. The quantitative estimate of drug-likeness (QED) is 0.914. The fourth-order valence-electron chi connectivity index (χ4n) is 1.49. The van der Waals surface area contributed by atoms with Crippen molar-refractivity contribution < 1.29 is 19.4 Å². The number of pyridine rings is 1. The van der Waals surface area contributed by atoms with Crippen molar-refractivity contribution in [1.29, 1.82) is 0 Å². The van der Waals surface area contributed by atoms with Crippen LogP contribution in [-0.2, 0) is 4.74 Å². The maximum Gasteiger partial charge on any atom is 0.410 e. The molecular formula is C14H22N2O4. The van der Waals surface area contributed by atoms with Crippen molar-refractivity contribution in [3.8, 4) is 5.88 Å². The molecule has 0 radical (unpaired) electrons. The Balaban J connectivity index is 2.60. The Morgan fingerprint density at radius 3 is 2.55 bits per heavy atom. The van der Waals surface area contributed by atoms with Crippen molar-refractivity contribution in [2.75, 3.05) is 20.7 Å². The van der Waals surface area contributed by atoms with Crippen molar-refractivity contribution >= 4 is 6.09 Å². The van der Waals surface area contributed by atoms with Crippen LogP contribution in [0.15, 0.2) is 18.3 Å². The first-order chi connectivity index (χ1) is 9.23. The number of likely N-dealkylation sites (N-methyl/N-ethyl adjacent to an activating group) is 1. The third kappa shape index (κ3) is 5.05. The van der Waals surface area contributed by atoms with E-state index < -0.39 is 17.8 Å². The maximum atomic E-state index is 11.8. The standard InChI is InChI=1S/C14H22N2O4/c1-14(2,3)20-13(18)16(4)9-11(17)10-6-7-12(19-5)15-8-10/h6-8,11,17H,9H2,1-5H3. The number of aromatic nitrogens is 1. The van der Waals surface area contributed by atoms with E-state index >= 15 is 0 Å². The van der Waals surface area contributed by atoms with Gasteiger partial charge in [-0.3, -0.25) is 0 Å². The highest BCUT2D eigenvalue weighted by atomic mass is 16.6. The Kier molecular flexibility index (Phi) is 5.33. The number of aliphatic hydroxyl groups is 1. The molecule has 1 unspecified atom stereocenters. The van der Waals surface area contributed by atoms with E-state index in [4.69, 9.17) is 9.47 Å². The lowest BCUT2D eigenvalue weighted by molar-refractivity contribution is 0.0205. The summed E-state index contributed by atoms with van der Waals surface area (Å²) in [6, 6.07) is 3.37. The second-order valence-electron chi connectivity index (χ2n) is 5.51. The summed E-state index contributed by atoms with van der Waals surface area (Å²) in [7, 11) is 3.10. The van der Waals surface area contributed by atoms with Gasteiger partial charge in [0.05, 0.1) is 19.8 Å². The first-order valence-corrected chi connectivity index (χ1v) is 6.35. The van der Waals surface area contributed by atoms with Gasteiger partial charge in [0.2, 0.25) is 5.88 Å². The van der Waals surface area contributed by atoms with Crippen molar-refractivity contribution in [2.45, 2.75) is 32.5 Å². The Morgan fingerprint density at radius 2 is 2.10 bits per heavy atom. The number of amides is 1. The first kappa shape index (κ1) is 16.2. The molecule has 0 aliphatic carbocycles. The molecule has 0 bridgehead atoms. The van der Waals surface area contributed by atoms with E-state index in [1.165, 1.54) is 18.2 Å². The van der Waals surface area contributed by atoms with E-state index in [9.17, 15) is 9.90 Å². The second-order valence-corrected chi connectivity index (χ2v) is 5.51. The van der Waals surface area contributed by atoms with Gasteiger partial charge in [0, 0.05) is 24.9 Å². The van der Waals surface area contributed by atoms with E-state index in [1.54, 1.807) is 40.0 Å². The topological polar surface area (TPSA) is 71.9 Å². The van der Waals surface area contributed by atoms with Crippen LogP contribution in [0, 0.1) is 0 Å². The highest BCUT2D eigenvalue weighted by molar-refractivity contribution is 5.67. The minimum absolute atomic E-state index is 0.128. The number of carbonyl (C=O) groups is 1. The summed E-state index contributed by atoms with van der Waals surface area (Å²) in [5.74, 6) is 0.474. The third-order valence-corrected chi connectivity index (χ3v) is 2.51. The summed E-state index contributed by atoms with van der Waals surface area (Å²) in [6.45, 7) is 5.51. The zero-order valence-corrected chi connectivity index (χ0v) is 12.6. The number of ether oxygens (including phenoxy) is 2. The predicted octanol–water partition coefficient (Wildman–Crippen LogP) is 1.99. The number of methoxy groups -OCH3 is 1. The summed E-state index contributed by atoms with van der Waals surface area (Å²) in [5.41, 5.74) is 0.0547. The van der Waals surface area contributed by atoms with E-state index in [1.807, 2.05) is 0 Å². The van der Waals surface area contributed by atoms with E-state index in [0.717, 1.165) is 0 Å². The van der Waals surface area contributed by atoms with Gasteiger partial charge in [-0.05, 0) is 26.8 Å². The van der Waals surface area contributed by atoms with E-state index in [0.29, 0.717) is 11.4 Å². The molecule has 0 aromatic carbocycles. The molecule has 1 amide bonds. The number of carbonyl (C=O) groups excluding carboxylic acids is 1. The van der Waals surface area contributed by atoms with E-state index in [-0.39, 0.29) is 6.54 Å². The molecule has 1 aromatic heterocycles. The molecule has 6 heteroatoms. The Bertz CT molecular complexity index is 439. The van der Waals surface area contributed by atoms with Gasteiger partial charge in [-0.15, -0.1) is 0 Å². The summed E-state index contributed by atoms with van der Waals surface area (Å²) < 4.78 is 10.2. The predicted molar refractivity (Wildman–Crippen MR) is 74.6 cm³/mol. The van der Waals surface area contributed by atoms with Gasteiger partial charge in [0.1, 0.15) is 5.60 Å². The smallest absolute Gasteiger partial charge is 0.410 e. The number of aliphatic hydroxyl groups excluding tert-OH is 1. The van der Waals surface area contributed by atoms with Crippen molar-refractivity contribution in [2.24, 2.45) is 0 Å². The van der Waals surface area contributed by atoms with Gasteiger partial charge in [-0.25, -0.2) is 9.78 Å². The zero-order valence-electron chi connectivity index (χ0n) is 12.6. The van der Waals surface area contributed by atoms with Gasteiger partial charge in [0.25, 0.3) is 0 Å². The van der Waals surface area contributed by atoms with Crippen LogP contribution in [0.1, 0.15) is 32.4 Å². The Hall–Kier alpha value is -1.82. The summed E-state index contributed by atoms with van der Waals surface area (Å²) >= 11 is 0. The van der Waals surface area contributed by atoms with Gasteiger partial charge in [-0.1, -0.05) is 0 Å². The van der Waals surface area contributed by atoms with Gasteiger partial charge >= 0.3 is 6.09 Å². The molecule has 0 saturated carbocycles. The molecule has 6 nitrogen and oxygen atoms in total. The molecule has 112 valence electrons. The SMILES string of the molecule is COc1ccc(C(O)CN(C)C(=O)OC(C)(C)C)cn1. The first-order valence-electron chi connectivity index (χ1n) is 6.35. The maximum absolute atomic E-state index is 11.8. The molecule has 1 aromatic rings. The molecule has 0 fully saturated rings. The lowest BCUT2D eigenvalue weighted by Crippen LogP contribution is -2.36. The molecule has 20 heavy (non-hydrogen) atoms. The molecule has 0 aliphatic rings. The largest absolute Gasteiger partial charge is 0.481 e. The van der Waals surface area contributed by atoms with Crippen LogP contribution in [0.25, 0.3) is 0 Å². The van der Waals surface area contributed by atoms with Crippen LogP contribution >= 0.6 is 0 Å². The lowest BCUT2D eigenvalue weighted by atomic mass is 10.1. The molecule has 1 N–H and O–H groups in total. The van der Waals surface area contributed by atoms with Gasteiger partial charge in [-0.2, -0.15) is 0 Å². The minimum atomic E-state index is -0.828. The fraction of sp³-hybridized carbons (Fsp3) is 0.571. The van der Waals surface area contributed by atoms with Gasteiger partial charge in [0.15, 0.2) is 0 Å². The Labute approximate surface area is 119 Å². The molecule has 0 saturated heterocycles. The van der Waals surface area contributed by atoms with Crippen LogP contribution in [-0.4, -0.2) is 47.4 Å². The highest BCUT2D eigenvalue weighted by Crippen LogP contribution is 2.17. The second kappa shape index (κ2) is 6.56. The molecule has 0 spiro atoms. The fourth-order valence-corrected chi connectivity index (χ4v) is 1.49.